The molecular formula is C20H24N6O3. The molecule has 0 aliphatic rings. The summed E-state index contributed by atoms with van der Waals surface area (Å²) < 4.78 is 12.2. The Labute approximate surface area is 169 Å². The lowest BCUT2D eigenvalue weighted by atomic mass is 10.1. The topological polar surface area (TPSA) is 94.4 Å². The van der Waals surface area contributed by atoms with E-state index in [1.807, 2.05) is 25.1 Å². The van der Waals surface area contributed by atoms with E-state index in [0.29, 0.717) is 28.7 Å². The van der Waals surface area contributed by atoms with Crippen LogP contribution in [-0.4, -0.2) is 54.0 Å². The second kappa shape index (κ2) is 8.59. The number of methoxy groups -OCH3 is 2. The maximum absolute atomic E-state index is 12.7. The van der Waals surface area contributed by atoms with Gasteiger partial charge in [-0.3, -0.25) is 9.48 Å². The molecular weight excluding hydrogens is 372 g/mol. The van der Waals surface area contributed by atoms with Gasteiger partial charge in [0.05, 0.1) is 26.5 Å². The van der Waals surface area contributed by atoms with Crippen molar-refractivity contribution in [1.29, 1.82) is 0 Å². The molecule has 2 aromatic heterocycles. The summed E-state index contributed by atoms with van der Waals surface area (Å²) >= 11 is 0. The van der Waals surface area contributed by atoms with E-state index in [1.165, 1.54) is 4.68 Å². The molecule has 9 nitrogen and oxygen atoms in total. The van der Waals surface area contributed by atoms with E-state index in [0.717, 1.165) is 11.4 Å². The zero-order valence-corrected chi connectivity index (χ0v) is 17.1. The molecule has 0 aliphatic heterocycles. The highest BCUT2D eigenvalue weighted by Crippen LogP contribution is 2.32. The molecule has 29 heavy (non-hydrogen) atoms. The summed E-state index contributed by atoms with van der Waals surface area (Å²) in [5.41, 5.74) is 1.76. The van der Waals surface area contributed by atoms with Crippen LogP contribution in [0.25, 0.3) is 11.3 Å². The van der Waals surface area contributed by atoms with E-state index < -0.39 is 0 Å². The molecule has 3 aromatic rings. The summed E-state index contributed by atoms with van der Waals surface area (Å²) in [6, 6.07) is 8.95. The maximum atomic E-state index is 12.7. The second-order valence-corrected chi connectivity index (χ2v) is 6.51. The normalized spacial score (nSPS) is 10.5. The van der Waals surface area contributed by atoms with Crippen molar-refractivity contribution in [2.45, 2.75) is 6.54 Å². The zero-order chi connectivity index (χ0) is 21.0. The average molecular weight is 396 g/mol. The van der Waals surface area contributed by atoms with Gasteiger partial charge in [-0.25, -0.2) is 9.97 Å². The Morgan fingerprint density at radius 1 is 1.17 bits per heavy atom. The first-order valence-corrected chi connectivity index (χ1v) is 8.96. The van der Waals surface area contributed by atoms with Crippen LogP contribution in [0.5, 0.6) is 11.5 Å². The third-order valence-corrected chi connectivity index (χ3v) is 4.35. The van der Waals surface area contributed by atoms with Gasteiger partial charge in [0.25, 0.3) is 5.91 Å². The van der Waals surface area contributed by atoms with Crippen LogP contribution < -0.4 is 19.7 Å². The maximum Gasteiger partial charge on any atom is 0.269 e. The molecule has 9 heteroatoms. The number of hydrogen-bond acceptors (Lipinski definition) is 7. The van der Waals surface area contributed by atoms with Crippen molar-refractivity contribution in [2.75, 3.05) is 33.2 Å². The molecule has 1 N–H and O–H groups in total. The molecule has 0 aliphatic carbocycles. The number of aromatic nitrogens is 4. The predicted molar refractivity (Wildman–Crippen MR) is 109 cm³/mol. The van der Waals surface area contributed by atoms with Crippen LogP contribution in [0.4, 0.5) is 5.82 Å². The van der Waals surface area contributed by atoms with E-state index in [4.69, 9.17) is 9.47 Å². The highest BCUT2D eigenvalue weighted by atomic mass is 16.5. The summed E-state index contributed by atoms with van der Waals surface area (Å²) in [7, 11) is 8.69. The van der Waals surface area contributed by atoms with Gasteiger partial charge >= 0.3 is 0 Å². The lowest BCUT2D eigenvalue weighted by Gasteiger charge is -2.11. The molecule has 0 radical (unpaired) electrons. The first kappa shape index (κ1) is 20.1. The summed E-state index contributed by atoms with van der Waals surface area (Å²) in [4.78, 5) is 23.2. The first-order chi connectivity index (χ1) is 13.9. The summed E-state index contributed by atoms with van der Waals surface area (Å²) in [6.07, 6.45) is 1.67. The Hall–Kier alpha value is -3.62. The highest BCUT2D eigenvalue weighted by molar-refractivity contribution is 5.93. The van der Waals surface area contributed by atoms with Gasteiger partial charge in [0.1, 0.15) is 28.8 Å². The number of nitrogens with one attached hydrogen (secondary N) is 1. The number of nitrogens with zero attached hydrogens (tertiary/aromatic N) is 5. The van der Waals surface area contributed by atoms with Crippen LogP contribution in [0.1, 0.15) is 16.3 Å². The van der Waals surface area contributed by atoms with Gasteiger partial charge in [0.2, 0.25) is 0 Å². The van der Waals surface area contributed by atoms with E-state index >= 15 is 0 Å². The zero-order valence-electron chi connectivity index (χ0n) is 17.1. The molecule has 0 spiro atoms. The third-order valence-electron chi connectivity index (χ3n) is 4.35. The third kappa shape index (κ3) is 4.45. The lowest BCUT2D eigenvalue weighted by molar-refractivity contribution is 0.0940. The minimum Gasteiger partial charge on any atom is -0.497 e. The van der Waals surface area contributed by atoms with Crippen molar-refractivity contribution in [3.63, 3.8) is 0 Å². The quantitative estimate of drug-likeness (QED) is 0.652. The number of ether oxygens (including phenoxy) is 2. The summed E-state index contributed by atoms with van der Waals surface area (Å²) in [5, 5.41) is 7.30. The molecule has 0 atom stereocenters. The van der Waals surface area contributed by atoms with Crippen molar-refractivity contribution in [3.8, 4) is 22.8 Å². The van der Waals surface area contributed by atoms with E-state index in [-0.39, 0.29) is 12.5 Å². The fourth-order valence-corrected chi connectivity index (χ4v) is 2.80. The number of carbonyl (C=O) groups is 1. The number of anilines is 1. The van der Waals surface area contributed by atoms with E-state index in [2.05, 4.69) is 20.4 Å². The number of hydrogen-bond donors (Lipinski definition) is 1. The molecule has 1 aromatic carbocycles. The average Bonchev–Trinajstić information content (AvgIpc) is 3.13. The molecule has 3 rings (SSSR count). The van der Waals surface area contributed by atoms with Gasteiger partial charge in [-0.1, -0.05) is 0 Å². The van der Waals surface area contributed by atoms with E-state index in [9.17, 15) is 4.79 Å². The van der Waals surface area contributed by atoms with Crippen molar-refractivity contribution in [1.82, 2.24) is 25.1 Å². The Kier molecular flexibility index (Phi) is 5.96. The van der Waals surface area contributed by atoms with Crippen LogP contribution >= 0.6 is 0 Å². The monoisotopic (exact) mass is 396 g/mol. The second-order valence-electron chi connectivity index (χ2n) is 6.51. The molecule has 2 heterocycles. The van der Waals surface area contributed by atoms with Crippen molar-refractivity contribution in [2.24, 2.45) is 7.05 Å². The van der Waals surface area contributed by atoms with Crippen molar-refractivity contribution < 1.29 is 14.3 Å². The Bertz CT molecular complexity index is 1020. The van der Waals surface area contributed by atoms with Crippen LogP contribution in [0.15, 0.2) is 36.5 Å². The largest absolute Gasteiger partial charge is 0.497 e. The van der Waals surface area contributed by atoms with Gasteiger partial charge in [-0.05, 0) is 30.3 Å². The summed E-state index contributed by atoms with van der Waals surface area (Å²) in [6.45, 7) is 0.212. The minimum absolute atomic E-state index is 0.212. The molecule has 152 valence electrons. The Morgan fingerprint density at radius 2 is 1.97 bits per heavy atom. The van der Waals surface area contributed by atoms with Gasteiger partial charge in [-0.15, -0.1) is 0 Å². The fourth-order valence-electron chi connectivity index (χ4n) is 2.80. The van der Waals surface area contributed by atoms with Gasteiger partial charge in [-0.2, -0.15) is 5.10 Å². The van der Waals surface area contributed by atoms with Crippen LogP contribution in [0.3, 0.4) is 0 Å². The number of benzene rings is 1. The molecule has 0 saturated heterocycles. The molecule has 0 unspecified atom stereocenters. The first-order valence-electron chi connectivity index (χ1n) is 8.96. The van der Waals surface area contributed by atoms with Gasteiger partial charge < -0.3 is 19.7 Å². The van der Waals surface area contributed by atoms with Gasteiger partial charge in [0.15, 0.2) is 0 Å². The Morgan fingerprint density at radius 3 is 2.66 bits per heavy atom. The van der Waals surface area contributed by atoms with Crippen molar-refractivity contribution >= 4 is 11.7 Å². The van der Waals surface area contributed by atoms with Crippen LogP contribution in [0.2, 0.25) is 0 Å². The lowest BCUT2D eigenvalue weighted by Crippen LogP contribution is -2.26. The minimum atomic E-state index is -0.271. The smallest absolute Gasteiger partial charge is 0.269 e. The number of rotatable bonds is 7. The number of aryl methyl sites for hydroxylation is 1. The molecule has 0 fully saturated rings. The van der Waals surface area contributed by atoms with Crippen molar-refractivity contribution in [3.05, 3.63) is 48.0 Å². The number of amides is 1. The molecule has 0 saturated carbocycles. The summed E-state index contributed by atoms with van der Waals surface area (Å²) in [5.74, 6) is 2.35. The SMILES string of the molecule is COc1ccc(OC)c(-c2cc(C(=O)NCc3nccc(N(C)C)n3)n(C)n2)c1. The van der Waals surface area contributed by atoms with Crippen LogP contribution in [0, 0.1) is 0 Å². The highest BCUT2D eigenvalue weighted by Gasteiger charge is 2.17. The number of carbonyl (C=O) groups excluding carboxylic acids is 1. The predicted octanol–water partition coefficient (Wildman–Crippen LogP) is 1.89. The van der Waals surface area contributed by atoms with Crippen LogP contribution in [-0.2, 0) is 13.6 Å². The Balaban J connectivity index is 1.80. The molecule has 0 bridgehead atoms. The fraction of sp³-hybridized carbons (Fsp3) is 0.300. The standard InChI is InChI=1S/C20H24N6O3/c1-25(2)19-8-9-21-18(23-19)12-22-20(27)16-11-15(24-26(16)3)14-10-13(28-4)6-7-17(14)29-5/h6-11H,12H2,1-5H3,(H,22,27). The van der Waals surface area contributed by atoms with E-state index in [1.54, 1.807) is 51.7 Å². The molecule has 1 amide bonds. The van der Waals surface area contributed by atoms with Gasteiger partial charge in [0, 0.05) is 32.9 Å².